The van der Waals surface area contributed by atoms with Crippen LogP contribution in [0, 0.1) is 5.92 Å². The minimum Gasteiger partial charge on any atom is -0.480 e. The molecule has 0 aromatic heterocycles. The van der Waals surface area contributed by atoms with Crippen molar-refractivity contribution in [3.8, 4) is 0 Å². The topological polar surface area (TPSA) is 70.0 Å². The fourth-order valence-corrected chi connectivity index (χ4v) is 3.06. The number of carboxylic acids is 1. The molecule has 0 amide bonds. The van der Waals surface area contributed by atoms with E-state index in [-0.39, 0.29) is 6.61 Å². The van der Waals surface area contributed by atoms with Crippen molar-refractivity contribution in [1.82, 2.24) is 4.90 Å². The van der Waals surface area contributed by atoms with Crippen LogP contribution in [-0.4, -0.2) is 59.5 Å². The molecule has 2 fully saturated rings. The molecule has 5 nitrogen and oxygen atoms in total. The van der Waals surface area contributed by atoms with E-state index in [2.05, 4.69) is 0 Å². The second-order valence-corrected chi connectivity index (χ2v) is 5.46. The third-order valence-corrected chi connectivity index (χ3v) is 4.05. The third kappa shape index (κ3) is 3.67. The summed E-state index contributed by atoms with van der Waals surface area (Å²) in [6, 6.07) is -0.600. The summed E-state index contributed by atoms with van der Waals surface area (Å²) >= 11 is 0. The van der Waals surface area contributed by atoms with Gasteiger partial charge in [0.05, 0.1) is 19.3 Å². The lowest BCUT2D eigenvalue weighted by Crippen LogP contribution is -2.52. The van der Waals surface area contributed by atoms with Gasteiger partial charge in [0, 0.05) is 13.1 Å². The van der Waals surface area contributed by atoms with Gasteiger partial charge in [-0.15, -0.1) is 0 Å². The lowest BCUT2D eigenvalue weighted by atomic mass is 9.99. The first kappa shape index (κ1) is 13.8. The highest BCUT2D eigenvalue weighted by Gasteiger charge is 2.31. The van der Waals surface area contributed by atoms with E-state index in [4.69, 9.17) is 9.84 Å². The second kappa shape index (κ2) is 6.50. The molecule has 2 rings (SSSR count). The standard InChI is InChI=1S/C13H23NO4/c15-11(7-10-3-1-2-4-10)8-14-5-6-18-9-12(14)13(16)17/h10-12,15H,1-9H2,(H,16,17). The minimum atomic E-state index is -0.859. The molecule has 2 atom stereocenters. The van der Waals surface area contributed by atoms with E-state index in [1.54, 1.807) is 0 Å². The molecule has 1 aliphatic carbocycles. The number of β-amino-alcohol motifs (C(OH)–C–C–N with tert-alkyl or cyclic N) is 1. The fourth-order valence-electron chi connectivity index (χ4n) is 3.06. The van der Waals surface area contributed by atoms with Gasteiger partial charge in [-0.05, 0) is 12.3 Å². The average molecular weight is 257 g/mol. The summed E-state index contributed by atoms with van der Waals surface area (Å²) in [6.45, 7) is 1.83. The zero-order valence-corrected chi connectivity index (χ0v) is 10.8. The van der Waals surface area contributed by atoms with Crippen LogP contribution in [0.5, 0.6) is 0 Å². The highest BCUT2D eigenvalue weighted by atomic mass is 16.5. The van der Waals surface area contributed by atoms with Crippen molar-refractivity contribution < 1.29 is 19.7 Å². The predicted molar refractivity (Wildman–Crippen MR) is 66.4 cm³/mol. The first-order valence-corrected chi connectivity index (χ1v) is 6.89. The van der Waals surface area contributed by atoms with Crippen LogP contribution >= 0.6 is 0 Å². The molecule has 1 saturated carbocycles. The SMILES string of the molecule is O=C(O)C1COCCN1CC(O)CC1CCCC1. The Morgan fingerprint density at radius 3 is 2.78 bits per heavy atom. The number of ether oxygens (including phenoxy) is 1. The van der Waals surface area contributed by atoms with Crippen LogP contribution in [0.15, 0.2) is 0 Å². The van der Waals surface area contributed by atoms with Crippen molar-refractivity contribution in [2.24, 2.45) is 5.92 Å². The maximum Gasteiger partial charge on any atom is 0.323 e. The molecule has 18 heavy (non-hydrogen) atoms. The van der Waals surface area contributed by atoms with E-state index in [1.165, 1.54) is 25.7 Å². The van der Waals surface area contributed by atoms with Gasteiger partial charge in [0.25, 0.3) is 0 Å². The molecule has 2 aliphatic rings. The molecular weight excluding hydrogens is 234 g/mol. The van der Waals surface area contributed by atoms with Crippen LogP contribution in [0.25, 0.3) is 0 Å². The highest BCUT2D eigenvalue weighted by Crippen LogP contribution is 2.28. The molecule has 1 saturated heterocycles. The molecule has 5 heteroatoms. The van der Waals surface area contributed by atoms with Gasteiger partial charge in [-0.1, -0.05) is 25.7 Å². The average Bonchev–Trinajstić information content (AvgIpc) is 2.82. The summed E-state index contributed by atoms with van der Waals surface area (Å²) < 4.78 is 5.18. The number of hydrogen-bond donors (Lipinski definition) is 2. The molecule has 0 radical (unpaired) electrons. The molecule has 0 aromatic carbocycles. The first-order valence-electron chi connectivity index (χ1n) is 6.89. The van der Waals surface area contributed by atoms with Crippen molar-refractivity contribution >= 4 is 5.97 Å². The normalized spacial score (nSPS) is 28.4. The zero-order valence-electron chi connectivity index (χ0n) is 10.8. The van der Waals surface area contributed by atoms with Gasteiger partial charge in [-0.2, -0.15) is 0 Å². The monoisotopic (exact) mass is 257 g/mol. The molecular formula is C13H23NO4. The Labute approximate surface area is 108 Å². The van der Waals surface area contributed by atoms with Gasteiger partial charge in [-0.3, -0.25) is 9.69 Å². The third-order valence-electron chi connectivity index (χ3n) is 4.05. The fraction of sp³-hybridized carbons (Fsp3) is 0.923. The Morgan fingerprint density at radius 1 is 1.39 bits per heavy atom. The quantitative estimate of drug-likeness (QED) is 0.759. The molecule has 2 N–H and O–H groups in total. The van der Waals surface area contributed by atoms with Crippen molar-refractivity contribution in [3.05, 3.63) is 0 Å². The van der Waals surface area contributed by atoms with E-state index in [9.17, 15) is 9.90 Å². The highest BCUT2D eigenvalue weighted by molar-refractivity contribution is 5.73. The lowest BCUT2D eigenvalue weighted by molar-refractivity contribution is -0.150. The van der Waals surface area contributed by atoms with Gasteiger partial charge >= 0.3 is 5.97 Å². The van der Waals surface area contributed by atoms with E-state index in [0.29, 0.717) is 25.6 Å². The van der Waals surface area contributed by atoms with Crippen molar-refractivity contribution in [1.29, 1.82) is 0 Å². The number of carboxylic acid groups (broad SMARTS) is 1. The van der Waals surface area contributed by atoms with Crippen LogP contribution < -0.4 is 0 Å². The van der Waals surface area contributed by atoms with E-state index < -0.39 is 18.1 Å². The van der Waals surface area contributed by atoms with Crippen LogP contribution in [0.2, 0.25) is 0 Å². The van der Waals surface area contributed by atoms with E-state index >= 15 is 0 Å². The van der Waals surface area contributed by atoms with Gasteiger partial charge in [0.1, 0.15) is 6.04 Å². The maximum atomic E-state index is 11.1. The van der Waals surface area contributed by atoms with Gasteiger partial charge in [0.15, 0.2) is 0 Å². The zero-order chi connectivity index (χ0) is 13.0. The first-order chi connectivity index (χ1) is 8.66. The van der Waals surface area contributed by atoms with Crippen LogP contribution in [-0.2, 0) is 9.53 Å². The Balaban J connectivity index is 1.80. The summed E-state index contributed by atoms with van der Waals surface area (Å²) in [6.07, 6.45) is 5.36. The molecule has 1 heterocycles. The number of morpholine rings is 1. The minimum absolute atomic E-state index is 0.228. The van der Waals surface area contributed by atoms with Crippen molar-refractivity contribution in [2.45, 2.75) is 44.2 Å². The van der Waals surface area contributed by atoms with E-state index in [0.717, 1.165) is 6.42 Å². The molecule has 0 aromatic rings. The predicted octanol–water partition coefficient (Wildman–Crippen LogP) is 0.713. The maximum absolute atomic E-state index is 11.1. The molecule has 104 valence electrons. The summed E-state index contributed by atoms with van der Waals surface area (Å²) in [7, 11) is 0. The van der Waals surface area contributed by atoms with Gasteiger partial charge in [-0.25, -0.2) is 0 Å². The van der Waals surface area contributed by atoms with Crippen LogP contribution in [0.3, 0.4) is 0 Å². The summed E-state index contributed by atoms with van der Waals surface area (Å²) in [5.74, 6) is -0.230. The van der Waals surface area contributed by atoms with Gasteiger partial charge < -0.3 is 14.9 Å². The molecule has 1 aliphatic heterocycles. The number of nitrogens with zero attached hydrogens (tertiary/aromatic N) is 1. The van der Waals surface area contributed by atoms with E-state index in [1.807, 2.05) is 4.90 Å². The smallest absolute Gasteiger partial charge is 0.323 e. The van der Waals surface area contributed by atoms with Crippen LogP contribution in [0.4, 0.5) is 0 Å². The summed E-state index contributed by atoms with van der Waals surface area (Å²) in [5.41, 5.74) is 0. The number of aliphatic hydroxyl groups excluding tert-OH is 1. The Kier molecular flexibility index (Phi) is 4.97. The number of aliphatic carboxylic acids is 1. The summed E-state index contributed by atoms with van der Waals surface area (Å²) in [5, 5.41) is 19.2. The Morgan fingerprint density at radius 2 is 2.11 bits per heavy atom. The number of aliphatic hydroxyl groups is 1. The molecule has 2 unspecified atom stereocenters. The lowest BCUT2D eigenvalue weighted by Gasteiger charge is -2.34. The van der Waals surface area contributed by atoms with Crippen molar-refractivity contribution in [2.75, 3.05) is 26.3 Å². The molecule has 0 bridgehead atoms. The number of carbonyl (C=O) groups is 1. The molecule has 0 spiro atoms. The van der Waals surface area contributed by atoms with Crippen LogP contribution in [0.1, 0.15) is 32.1 Å². The Bertz CT molecular complexity index is 278. The van der Waals surface area contributed by atoms with Crippen molar-refractivity contribution in [3.63, 3.8) is 0 Å². The number of hydrogen-bond acceptors (Lipinski definition) is 4. The number of rotatable bonds is 5. The summed E-state index contributed by atoms with van der Waals surface area (Å²) in [4.78, 5) is 12.9. The Hall–Kier alpha value is -0.650. The van der Waals surface area contributed by atoms with Gasteiger partial charge in [0.2, 0.25) is 0 Å². The largest absolute Gasteiger partial charge is 0.480 e. The second-order valence-electron chi connectivity index (χ2n) is 5.46.